The van der Waals surface area contributed by atoms with Crippen molar-refractivity contribution < 1.29 is 4.74 Å². The Bertz CT molecular complexity index is 379. The van der Waals surface area contributed by atoms with E-state index in [1.165, 1.54) is 0 Å². The van der Waals surface area contributed by atoms with Crippen LogP contribution in [-0.2, 0) is 6.54 Å². The van der Waals surface area contributed by atoms with Crippen molar-refractivity contribution in [2.75, 3.05) is 26.7 Å². The number of methoxy groups -OCH3 is 1. The molecule has 4 nitrogen and oxygen atoms in total. The van der Waals surface area contributed by atoms with Crippen LogP contribution in [-0.4, -0.2) is 36.6 Å². The number of nitrogens with two attached hydrogens (primary N) is 1. The Morgan fingerprint density at radius 1 is 1.37 bits per heavy atom. The van der Waals surface area contributed by atoms with Crippen molar-refractivity contribution in [3.05, 3.63) is 23.9 Å². The third-order valence-electron chi connectivity index (χ3n) is 3.12. The molecule has 0 saturated heterocycles. The first-order chi connectivity index (χ1) is 9.00. The molecule has 0 bridgehead atoms. The van der Waals surface area contributed by atoms with Crippen molar-refractivity contribution >= 4 is 0 Å². The minimum atomic E-state index is 0.133. The molecule has 19 heavy (non-hydrogen) atoms. The van der Waals surface area contributed by atoms with Gasteiger partial charge in [0, 0.05) is 19.2 Å². The van der Waals surface area contributed by atoms with Gasteiger partial charge in [0.15, 0.2) is 0 Å². The van der Waals surface area contributed by atoms with Gasteiger partial charge in [-0.3, -0.25) is 4.90 Å². The van der Waals surface area contributed by atoms with Gasteiger partial charge >= 0.3 is 0 Å². The van der Waals surface area contributed by atoms with Crippen molar-refractivity contribution in [2.45, 2.75) is 33.7 Å². The van der Waals surface area contributed by atoms with E-state index in [4.69, 9.17) is 10.5 Å². The van der Waals surface area contributed by atoms with E-state index in [9.17, 15) is 0 Å². The Hall–Kier alpha value is -1.13. The van der Waals surface area contributed by atoms with E-state index in [1.807, 2.05) is 18.2 Å². The van der Waals surface area contributed by atoms with E-state index in [0.29, 0.717) is 12.4 Å². The van der Waals surface area contributed by atoms with Gasteiger partial charge in [0.2, 0.25) is 5.88 Å². The Kier molecular flexibility index (Phi) is 6.25. The van der Waals surface area contributed by atoms with Crippen molar-refractivity contribution in [3.63, 3.8) is 0 Å². The fourth-order valence-corrected chi connectivity index (χ4v) is 2.09. The monoisotopic (exact) mass is 265 g/mol. The molecule has 0 saturated carbocycles. The lowest BCUT2D eigenvalue weighted by Gasteiger charge is -2.31. The van der Waals surface area contributed by atoms with Gasteiger partial charge in [-0.15, -0.1) is 0 Å². The maximum absolute atomic E-state index is 5.83. The number of ether oxygens (including phenoxy) is 1. The molecule has 2 N–H and O–H groups in total. The predicted molar refractivity (Wildman–Crippen MR) is 79.2 cm³/mol. The number of nitrogens with zero attached hydrogens (tertiary/aromatic N) is 2. The van der Waals surface area contributed by atoms with Crippen LogP contribution in [0.25, 0.3) is 0 Å². The third kappa shape index (κ3) is 5.57. The summed E-state index contributed by atoms with van der Waals surface area (Å²) in [6.07, 6.45) is 1.13. The Labute approximate surface area is 117 Å². The van der Waals surface area contributed by atoms with Crippen molar-refractivity contribution in [2.24, 2.45) is 11.1 Å². The molecule has 0 aliphatic rings. The summed E-state index contributed by atoms with van der Waals surface area (Å²) < 4.78 is 5.17. The molecule has 0 aliphatic carbocycles. The van der Waals surface area contributed by atoms with Crippen LogP contribution < -0.4 is 10.5 Å². The quantitative estimate of drug-likeness (QED) is 0.783. The number of pyridine rings is 1. The van der Waals surface area contributed by atoms with E-state index < -0.39 is 0 Å². The summed E-state index contributed by atoms with van der Waals surface area (Å²) in [5.74, 6) is 0.673. The fourth-order valence-electron chi connectivity index (χ4n) is 2.09. The SMILES string of the molecule is CCCN(Cc1cccc(OC)n1)CC(C)(C)CN. The molecular formula is C15H27N3O. The predicted octanol–water partition coefficient (Wildman–Crippen LogP) is 2.29. The number of rotatable bonds is 8. The molecule has 1 rings (SSSR count). The number of aromatic nitrogens is 1. The highest BCUT2D eigenvalue weighted by Crippen LogP contribution is 2.17. The highest BCUT2D eigenvalue weighted by Gasteiger charge is 2.20. The van der Waals surface area contributed by atoms with Crippen LogP contribution in [0.4, 0.5) is 0 Å². The first-order valence-corrected chi connectivity index (χ1v) is 6.93. The Balaban J connectivity index is 2.71. The summed E-state index contributed by atoms with van der Waals surface area (Å²) in [5.41, 5.74) is 7.00. The van der Waals surface area contributed by atoms with Crippen LogP contribution in [0.5, 0.6) is 5.88 Å². The second-order valence-corrected chi connectivity index (χ2v) is 5.75. The smallest absolute Gasteiger partial charge is 0.213 e. The second kappa shape index (κ2) is 7.46. The summed E-state index contributed by atoms with van der Waals surface area (Å²) in [6, 6.07) is 5.90. The van der Waals surface area contributed by atoms with E-state index in [0.717, 1.165) is 31.7 Å². The minimum absolute atomic E-state index is 0.133. The van der Waals surface area contributed by atoms with Gasteiger partial charge in [-0.25, -0.2) is 4.98 Å². The lowest BCUT2D eigenvalue weighted by Crippen LogP contribution is -2.39. The molecule has 0 aromatic carbocycles. The van der Waals surface area contributed by atoms with Crippen LogP contribution >= 0.6 is 0 Å². The van der Waals surface area contributed by atoms with Crippen molar-refractivity contribution in [1.29, 1.82) is 0 Å². The van der Waals surface area contributed by atoms with E-state index in [-0.39, 0.29) is 5.41 Å². The summed E-state index contributed by atoms with van der Waals surface area (Å²) in [5, 5.41) is 0. The van der Waals surface area contributed by atoms with Crippen LogP contribution in [0.15, 0.2) is 18.2 Å². The zero-order chi connectivity index (χ0) is 14.3. The van der Waals surface area contributed by atoms with Gasteiger partial charge < -0.3 is 10.5 Å². The summed E-state index contributed by atoms with van der Waals surface area (Å²) >= 11 is 0. The van der Waals surface area contributed by atoms with Gasteiger partial charge in [-0.2, -0.15) is 0 Å². The summed E-state index contributed by atoms with van der Waals surface area (Å²) in [7, 11) is 1.65. The average Bonchev–Trinajstić information content (AvgIpc) is 2.39. The number of hydrogen-bond donors (Lipinski definition) is 1. The zero-order valence-corrected chi connectivity index (χ0v) is 12.6. The fraction of sp³-hybridized carbons (Fsp3) is 0.667. The molecular weight excluding hydrogens is 238 g/mol. The van der Waals surface area contributed by atoms with E-state index >= 15 is 0 Å². The van der Waals surface area contributed by atoms with E-state index in [2.05, 4.69) is 30.7 Å². The third-order valence-corrected chi connectivity index (χ3v) is 3.12. The molecule has 0 fully saturated rings. The second-order valence-electron chi connectivity index (χ2n) is 5.75. The molecule has 0 aliphatic heterocycles. The first kappa shape index (κ1) is 15.9. The lowest BCUT2D eigenvalue weighted by molar-refractivity contribution is 0.174. The average molecular weight is 265 g/mol. The summed E-state index contributed by atoms with van der Waals surface area (Å²) in [4.78, 5) is 6.89. The molecule has 1 aromatic heterocycles. The van der Waals surface area contributed by atoms with Crippen LogP contribution in [0.2, 0.25) is 0 Å². The molecule has 0 radical (unpaired) electrons. The largest absolute Gasteiger partial charge is 0.481 e. The van der Waals surface area contributed by atoms with Crippen molar-refractivity contribution in [1.82, 2.24) is 9.88 Å². The Morgan fingerprint density at radius 3 is 2.68 bits per heavy atom. The van der Waals surface area contributed by atoms with Gasteiger partial charge in [0.25, 0.3) is 0 Å². The number of hydrogen-bond acceptors (Lipinski definition) is 4. The first-order valence-electron chi connectivity index (χ1n) is 6.93. The van der Waals surface area contributed by atoms with Gasteiger partial charge in [-0.05, 0) is 31.0 Å². The van der Waals surface area contributed by atoms with Crippen LogP contribution in [0.3, 0.4) is 0 Å². The van der Waals surface area contributed by atoms with Gasteiger partial charge in [-0.1, -0.05) is 26.8 Å². The Morgan fingerprint density at radius 2 is 2.11 bits per heavy atom. The molecule has 1 heterocycles. The van der Waals surface area contributed by atoms with Crippen LogP contribution in [0.1, 0.15) is 32.9 Å². The molecule has 0 spiro atoms. The summed E-state index contributed by atoms with van der Waals surface area (Å²) in [6.45, 7) is 10.2. The minimum Gasteiger partial charge on any atom is -0.481 e. The van der Waals surface area contributed by atoms with Crippen molar-refractivity contribution in [3.8, 4) is 5.88 Å². The molecule has 108 valence electrons. The van der Waals surface area contributed by atoms with E-state index in [1.54, 1.807) is 7.11 Å². The molecule has 4 heteroatoms. The topological polar surface area (TPSA) is 51.4 Å². The van der Waals surface area contributed by atoms with Crippen LogP contribution in [0, 0.1) is 5.41 Å². The van der Waals surface area contributed by atoms with Gasteiger partial charge in [0.05, 0.1) is 12.8 Å². The lowest BCUT2D eigenvalue weighted by atomic mass is 9.93. The maximum Gasteiger partial charge on any atom is 0.213 e. The highest BCUT2D eigenvalue weighted by atomic mass is 16.5. The van der Waals surface area contributed by atoms with Gasteiger partial charge in [0.1, 0.15) is 0 Å². The molecule has 0 unspecified atom stereocenters. The normalized spacial score (nSPS) is 11.9. The molecule has 0 amide bonds. The maximum atomic E-state index is 5.83. The molecule has 1 aromatic rings. The standard InChI is InChI=1S/C15H27N3O/c1-5-9-18(12-15(2,3)11-16)10-13-7-6-8-14(17-13)19-4/h6-8H,5,9-12,16H2,1-4H3. The zero-order valence-electron chi connectivity index (χ0n) is 12.6. The highest BCUT2D eigenvalue weighted by molar-refractivity contribution is 5.15. The molecule has 0 atom stereocenters.